The number of hydrogen-bond acceptors (Lipinski definition) is 5. The number of carboxylic acids is 1. The van der Waals surface area contributed by atoms with Crippen molar-refractivity contribution >= 4 is 23.6 Å². The Hall–Kier alpha value is -1.84. The van der Waals surface area contributed by atoms with Crippen LogP contribution in [0.3, 0.4) is 0 Å². The van der Waals surface area contributed by atoms with E-state index in [4.69, 9.17) is 5.11 Å². The molecule has 1 rings (SSSR count). The summed E-state index contributed by atoms with van der Waals surface area (Å²) in [6.45, 7) is 1.17. The Morgan fingerprint density at radius 3 is 2.45 bits per heavy atom. The number of hydrogen-bond donors (Lipinski definition) is 2. The van der Waals surface area contributed by atoms with Gasteiger partial charge in [0.15, 0.2) is 5.69 Å². The highest BCUT2D eigenvalue weighted by Gasteiger charge is 2.32. The van der Waals surface area contributed by atoms with E-state index in [2.05, 4.69) is 15.5 Å². The third-order valence-corrected chi connectivity index (χ3v) is 3.02. The van der Waals surface area contributed by atoms with Crippen molar-refractivity contribution in [2.24, 2.45) is 0 Å². The van der Waals surface area contributed by atoms with Crippen LogP contribution >= 0.6 is 11.8 Å². The van der Waals surface area contributed by atoms with Gasteiger partial charge in [0, 0.05) is 12.7 Å². The average molecular weight is 309 g/mol. The Morgan fingerprint density at radius 2 is 2.05 bits per heavy atom. The van der Waals surface area contributed by atoms with Gasteiger partial charge in [0.1, 0.15) is 11.1 Å². The van der Waals surface area contributed by atoms with Gasteiger partial charge in [-0.15, -0.1) is 22.0 Å². The fourth-order valence-electron chi connectivity index (χ4n) is 1.14. The molecule has 0 fully saturated rings. The summed E-state index contributed by atoms with van der Waals surface area (Å²) in [6, 6.07) is 0.693. The Labute approximate surface area is 115 Å². The molecule has 2 N–H and O–H groups in total. The molecule has 1 atom stereocenters. The topological polar surface area (TPSA) is 92.2 Å². The van der Waals surface area contributed by atoms with Crippen molar-refractivity contribution in [2.45, 2.75) is 24.2 Å². The number of halogens is 3. The molecule has 1 amide bonds. The summed E-state index contributed by atoms with van der Waals surface area (Å²) in [6.07, 6.45) is -4.57. The van der Waals surface area contributed by atoms with E-state index in [1.165, 1.54) is 6.92 Å². The molecule has 20 heavy (non-hydrogen) atoms. The van der Waals surface area contributed by atoms with Crippen molar-refractivity contribution in [3.8, 4) is 0 Å². The summed E-state index contributed by atoms with van der Waals surface area (Å²) in [5, 5.41) is 17.5. The lowest BCUT2D eigenvalue weighted by Crippen LogP contribution is -2.41. The molecule has 6 nitrogen and oxygen atoms in total. The van der Waals surface area contributed by atoms with Crippen LogP contribution in [-0.4, -0.2) is 39.0 Å². The van der Waals surface area contributed by atoms with Crippen molar-refractivity contribution in [1.29, 1.82) is 0 Å². The van der Waals surface area contributed by atoms with Crippen molar-refractivity contribution in [2.75, 3.05) is 5.75 Å². The van der Waals surface area contributed by atoms with Gasteiger partial charge < -0.3 is 10.4 Å². The van der Waals surface area contributed by atoms with E-state index in [1.807, 2.05) is 0 Å². The Balaban J connectivity index is 2.64. The van der Waals surface area contributed by atoms with Crippen LogP contribution in [0.5, 0.6) is 0 Å². The summed E-state index contributed by atoms with van der Waals surface area (Å²) in [4.78, 5) is 21.6. The van der Waals surface area contributed by atoms with E-state index in [-0.39, 0.29) is 10.8 Å². The maximum atomic E-state index is 12.2. The van der Waals surface area contributed by atoms with Gasteiger partial charge in [-0.2, -0.15) is 13.2 Å². The minimum atomic E-state index is -4.57. The number of thioether (sulfide) groups is 1. The number of carbonyl (C=O) groups excluding carboxylic acids is 1. The van der Waals surface area contributed by atoms with Crippen LogP contribution in [0.2, 0.25) is 0 Å². The molecule has 0 radical (unpaired) electrons. The van der Waals surface area contributed by atoms with Crippen LogP contribution in [0.15, 0.2) is 17.2 Å². The van der Waals surface area contributed by atoms with Crippen LogP contribution < -0.4 is 5.32 Å². The Morgan fingerprint density at radius 1 is 1.40 bits per heavy atom. The van der Waals surface area contributed by atoms with Gasteiger partial charge >= 0.3 is 12.1 Å². The normalized spacial score (nSPS) is 12.8. The molecule has 0 saturated heterocycles. The Kier molecular flexibility index (Phi) is 5.31. The van der Waals surface area contributed by atoms with E-state index in [9.17, 15) is 22.8 Å². The second-order valence-corrected chi connectivity index (χ2v) is 4.70. The summed E-state index contributed by atoms with van der Waals surface area (Å²) in [7, 11) is 0. The lowest BCUT2D eigenvalue weighted by Gasteiger charge is -2.12. The molecule has 1 heterocycles. The zero-order chi connectivity index (χ0) is 15.3. The molecule has 0 spiro atoms. The number of amides is 1. The third kappa shape index (κ3) is 5.03. The van der Waals surface area contributed by atoms with Crippen LogP contribution in [-0.2, 0) is 15.8 Å². The van der Waals surface area contributed by atoms with Gasteiger partial charge in [-0.1, -0.05) is 0 Å². The maximum Gasteiger partial charge on any atom is 0.435 e. The third-order valence-electron chi connectivity index (χ3n) is 2.00. The molecule has 0 bridgehead atoms. The first kappa shape index (κ1) is 16.2. The van der Waals surface area contributed by atoms with Gasteiger partial charge in [0.05, 0.1) is 0 Å². The summed E-state index contributed by atoms with van der Waals surface area (Å²) < 4.78 is 36.7. The maximum absolute atomic E-state index is 12.2. The van der Waals surface area contributed by atoms with E-state index in [1.54, 1.807) is 0 Å². The number of nitrogens with one attached hydrogen (secondary N) is 1. The first-order valence-corrected chi connectivity index (χ1v) is 6.22. The van der Waals surface area contributed by atoms with Crippen molar-refractivity contribution in [1.82, 2.24) is 15.5 Å². The average Bonchev–Trinajstić information content (AvgIpc) is 2.33. The van der Waals surface area contributed by atoms with Crippen molar-refractivity contribution in [3.63, 3.8) is 0 Å². The quantitative estimate of drug-likeness (QED) is 0.793. The molecule has 0 aromatic carbocycles. The van der Waals surface area contributed by atoms with Gasteiger partial charge in [0.25, 0.3) is 0 Å². The van der Waals surface area contributed by atoms with Gasteiger partial charge in [-0.3, -0.25) is 4.79 Å². The number of aliphatic carboxylic acids is 1. The lowest BCUT2D eigenvalue weighted by atomic mass is 10.3. The second-order valence-electron chi connectivity index (χ2n) is 3.66. The van der Waals surface area contributed by atoms with Crippen molar-refractivity contribution < 1.29 is 27.9 Å². The molecule has 1 aromatic heterocycles. The van der Waals surface area contributed by atoms with E-state index in [0.29, 0.717) is 0 Å². The number of nitrogens with zero attached hydrogens (tertiary/aromatic N) is 2. The first-order valence-electron chi connectivity index (χ1n) is 5.24. The lowest BCUT2D eigenvalue weighted by molar-refractivity contribution is -0.142. The van der Waals surface area contributed by atoms with Crippen LogP contribution in [0.1, 0.15) is 12.6 Å². The number of alkyl halides is 3. The van der Waals surface area contributed by atoms with Crippen LogP contribution in [0, 0.1) is 0 Å². The molecule has 0 aliphatic heterocycles. The predicted molar refractivity (Wildman–Crippen MR) is 63.0 cm³/mol. The van der Waals surface area contributed by atoms with Crippen LogP contribution in [0.25, 0.3) is 0 Å². The summed E-state index contributed by atoms with van der Waals surface area (Å²) in [5.41, 5.74) is -1.13. The van der Waals surface area contributed by atoms with Gasteiger partial charge in [-0.05, 0) is 12.1 Å². The Bertz CT molecular complexity index is 493. The zero-order valence-electron chi connectivity index (χ0n) is 10.1. The largest absolute Gasteiger partial charge is 0.480 e. The molecule has 10 heteroatoms. The number of carbonyl (C=O) groups is 2. The van der Waals surface area contributed by atoms with E-state index >= 15 is 0 Å². The molecular formula is C10H10F3N3O3S. The summed E-state index contributed by atoms with van der Waals surface area (Å²) in [5.74, 6) is -1.83. The molecular weight excluding hydrogens is 299 g/mol. The first-order chi connectivity index (χ1) is 9.20. The van der Waals surface area contributed by atoms with E-state index in [0.717, 1.165) is 23.9 Å². The van der Waals surface area contributed by atoms with Gasteiger partial charge in [0.2, 0.25) is 5.91 Å². The van der Waals surface area contributed by atoms with Crippen LogP contribution in [0.4, 0.5) is 13.2 Å². The highest BCUT2D eigenvalue weighted by molar-refractivity contribution is 7.99. The zero-order valence-corrected chi connectivity index (χ0v) is 11.0. The fourth-order valence-corrected chi connectivity index (χ4v) is 1.96. The summed E-state index contributed by atoms with van der Waals surface area (Å²) >= 11 is 0.882. The van der Waals surface area contributed by atoms with E-state index < -0.39 is 29.8 Å². The standard InChI is InChI=1S/C10H10F3N3O3S/c1-5(17)14-6(9(18)19)4-20-8-3-2-7(15-16-8)10(11,12)13/h2-3,6H,4H2,1H3,(H,14,17)(H,18,19). The molecule has 1 aromatic rings. The minimum absolute atomic E-state index is 0.0744. The molecule has 1 unspecified atom stereocenters. The smallest absolute Gasteiger partial charge is 0.435 e. The molecule has 0 aliphatic carbocycles. The van der Waals surface area contributed by atoms with Crippen molar-refractivity contribution in [3.05, 3.63) is 17.8 Å². The highest BCUT2D eigenvalue weighted by Crippen LogP contribution is 2.27. The SMILES string of the molecule is CC(=O)NC(CSc1ccc(C(F)(F)F)nn1)C(=O)O. The highest BCUT2D eigenvalue weighted by atomic mass is 32.2. The molecule has 0 aliphatic rings. The number of carboxylic acid groups (broad SMARTS) is 1. The molecule has 0 saturated carbocycles. The van der Waals surface area contributed by atoms with Gasteiger partial charge in [-0.25, -0.2) is 4.79 Å². The fraction of sp³-hybridized carbons (Fsp3) is 0.400. The monoisotopic (exact) mass is 309 g/mol. The number of rotatable bonds is 5. The number of aromatic nitrogens is 2. The minimum Gasteiger partial charge on any atom is -0.480 e. The predicted octanol–water partition coefficient (Wildman–Crippen LogP) is 1.18. The second kappa shape index (κ2) is 6.55. The molecule has 110 valence electrons.